The molecule has 0 spiro atoms. The van der Waals surface area contributed by atoms with Crippen LogP contribution in [0.25, 0.3) is 11.1 Å². The molecular formula is C29H30ClFN4O2. The molecule has 5 rings (SSSR count). The Labute approximate surface area is 221 Å². The number of halogens is 2. The van der Waals surface area contributed by atoms with Crippen LogP contribution in [0.1, 0.15) is 35.6 Å². The minimum absolute atomic E-state index is 0.0293. The highest BCUT2D eigenvalue weighted by molar-refractivity contribution is 6.31. The molecule has 0 saturated carbocycles. The lowest BCUT2D eigenvalue weighted by Crippen LogP contribution is -2.46. The molecule has 0 aromatic heterocycles. The van der Waals surface area contributed by atoms with Crippen LogP contribution in [0.3, 0.4) is 0 Å². The monoisotopic (exact) mass is 520 g/mol. The number of carbonyl (C=O) groups excluding carboxylic acids is 1. The van der Waals surface area contributed by atoms with E-state index in [2.05, 4.69) is 10.3 Å². The number of carbonyl (C=O) groups is 1. The topological polar surface area (TPSA) is 68.2 Å². The lowest BCUT2D eigenvalue weighted by Gasteiger charge is -2.36. The van der Waals surface area contributed by atoms with E-state index in [1.54, 1.807) is 11.2 Å². The minimum atomic E-state index is -0.716. The summed E-state index contributed by atoms with van der Waals surface area (Å²) in [5.74, 6) is -0.564. The second-order valence-corrected chi connectivity index (χ2v) is 10.4. The van der Waals surface area contributed by atoms with E-state index in [1.807, 2.05) is 56.1 Å². The van der Waals surface area contributed by atoms with Crippen LogP contribution in [-0.2, 0) is 4.79 Å². The Hall–Kier alpha value is -3.42. The van der Waals surface area contributed by atoms with Crippen molar-refractivity contribution in [3.8, 4) is 16.9 Å². The molecule has 0 radical (unpaired) electrons. The van der Waals surface area contributed by atoms with Crippen LogP contribution in [0.15, 0.2) is 53.5 Å². The summed E-state index contributed by atoms with van der Waals surface area (Å²) in [4.78, 5) is 22.4. The van der Waals surface area contributed by atoms with E-state index in [9.17, 15) is 14.3 Å². The van der Waals surface area contributed by atoms with Gasteiger partial charge in [-0.3, -0.25) is 4.79 Å². The summed E-state index contributed by atoms with van der Waals surface area (Å²) in [5.41, 5.74) is 4.89. The normalized spacial score (nSPS) is 18.7. The van der Waals surface area contributed by atoms with E-state index in [4.69, 9.17) is 11.6 Å². The fourth-order valence-corrected chi connectivity index (χ4v) is 5.55. The number of phenolic OH excluding ortho intramolecular Hbond substituents is 1. The van der Waals surface area contributed by atoms with Crippen LogP contribution in [0.5, 0.6) is 5.75 Å². The number of benzene rings is 3. The highest BCUT2D eigenvalue weighted by atomic mass is 35.5. The van der Waals surface area contributed by atoms with Gasteiger partial charge in [0.05, 0.1) is 12.0 Å². The first-order chi connectivity index (χ1) is 17.7. The van der Waals surface area contributed by atoms with Crippen LogP contribution >= 0.6 is 11.6 Å². The maximum Gasteiger partial charge on any atom is 0.250 e. The van der Waals surface area contributed by atoms with E-state index < -0.39 is 11.9 Å². The predicted octanol–water partition coefficient (Wildman–Crippen LogP) is 5.90. The Morgan fingerprint density at radius 1 is 1.19 bits per heavy atom. The van der Waals surface area contributed by atoms with E-state index in [1.165, 1.54) is 18.2 Å². The molecule has 37 heavy (non-hydrogen) atoms. The van der Waals surface area contributed by atoms with Crippen molar-refractivity contribution in [1.82, 2.24) is 10.2 Å². The molecule has 1 fully saturated rings. The molecule has 6 nitrogen and oxygen atoms in total. The molecule has 3 aromatic rings. The van der Waals surface area contributed by atoms with Gasteiger partial charge in [-0.2, -0.15) is 0 Å². The Morgan fingerprint density at radius 2 is 2.00 bits per heavy atom. The van der Waals surface area contributed by atoms with Gasteiger partial charge < -0.3 is 20.2 Å². The minimum Gasteiger partial charge on any atom is -0.507 e. The standard InChI is InChI=1S/C29H30ClFN4O2/c1-17-9-19(30)12-22(10-17)35-16-33-26-11-18(2)23(24-13-20(31)6-7-27(24)36)14-25(26)28(35)29(37)34(3)15-21-5-4-8-32-21/h6-7,9-14,16,21,28,32,36H,4-5,8,15H2,1-3H3/t21-,28+/m0/s1. The number of likely N-dealkylation sites (N-methyl/N-ethyl adjacent to an activating group) is 1. The van der Waals surface area contributed by atoms with E-state index in [0.29, 0.717) is 33.9 Å². The Kier molecular flexibility index (Phi) is 6.92. The smallest absolute Gasteiger partial charge is 0.250 e. The van der Waals surface area contributed by atoms with Gasteiger partial charge in [-0.1, -0.05) is 11.6 Å². The van der Waals surface area contributed by atoms with Crippen LogP contribution in [0.4, 0.5) is 15.8 Å². The third kappa shape index (κ3) is 5.06. The molecule has 192 valence electrons. The summed E-state index contributed by atoms with van der Waals surface area (Å²) in [6.45, 7) is 5.39. The summed E-state index contributed by atoms with van der Waals surface area (Å²) in [6, 6.07) is 12.8. The molecule has 2 heterocycles. The van der Waals surface area contributed by atoms with Gasteiger partial charge >= 0.3 is 0 Å². The molecule has 8 heteroatoms. The average molecular weight is 521 g/mol. The van der Waals surface area contributed by atoms with Crippen molar-refractivity contribution in [2.45, 2.75) is 38.8 Å². The first kappa shape index (κ1) is 25.2. The lowest BCUT2D eigenvalue weighted by atomic mass is 9.91. The molecule has 2 aliphatic heterocycles. The number of rotatable bonds is 5. The number of amides is 1. The van der Waals surface area contributed by atoms with Gasteiger partial charge in [-0.05, 0) is 98.5 Å². The van der Waals surface area contributed by atoms with Crippen LogP contribution in [-0.4, -0.2) is 48.4 Å². The summed E-state index contributed by atoms with van der Waals surface area (Å²) >= 11 is 6.39. The zero-order valence-electron chi connectivity index (χ0n) is 21.1. The fourth-order valence-electron chi connectivity index (χ4n) is 5.27. The number of nitrogens with zero attached hydrogens (tertiary/aromatic N) is 3. The fraction of sp³-hybridized carbons (Fsp3) is 0.310. The molecule has 2 atom stereocenters. The number of hydrogen-bond donors (Lipinski definition) is 2. The van der Waals surface area contributed by atoms with Crippen molar-refractivity contribution in [3.63, 3.8) is 0 Å². The molecular weight excluding hydrogens is 491 g/mol. The third-order valence-electron chi connectivity index (χ3n) is 7.11. The van der Waals surface area contributed by atoms with Gasteiger partial charge in [-0.25, -0.2) is 9.38 Å². The van der Waals surface area contributed by atoms with Crippen molar-refractivity contribution < 1.29 is 14.3 Å². The van der Waals surface area contributed by atoms with Gasteiger partial charge in [0.25, 0.3) is 0 Å². The Balaban J connectivity index is 1.63. The second-order valence-electron chi connectivity index (χ2n) is 9.94. The largest absolute Gasteiger partial charge is 0.507 e. The molecule has 3 aromatic carbocycles. The summed E-state index contributed by atoms with van der Waals surface area (Å²) in [7, 11) is 1.82. The maximum atomic E-state index is 14.1. The van der Waals surface area contributed by atoms with E-state index in [0.717, 1.165) is 36.2 Å². The van der Waals surface area contributed by atoms with E-state index >= 15 is 0 Å². The quantitative estimate of drug-likeness (QED) is 0.439. The third-order valence-corrected chi connectivity index (χ3v) is 7.33. The first-order valence-corrected chi connectivity index (χ1v) is 12.8. The van der Waals surface area contributed by atoms with Crippen molar-refractivity contribution >= 4 is 35.2 Å². The molecule has 1 amide bonds. The Bertz CT molecular complexity index is 1370. The number of aliphatic imine (C=N–C) groups is 1. The van der Waals surface area contributed by atoms with Gasteiger partial charge in [0.1, 0.15) is 17.6 Å². The zero-order valence-corrected chi connectivity index (χ0v) is 21.9. The van der Waals surface area contributed by atoms with Gasteiger partial charge in [0.2, 0.25) is 5.91 Å². The van der Waals surface area contributed by atoms with Crippen molar-refractivity contribution in [3.05, 3.63) is 76.1 Å². The van der Waals surface area contributed by atoms with Crippen molar-refractivity contribution in [2.24, 2.45) is 4.99 Å². The highest BCUT2D eigenvalue weighted by Crippen LogP contribution is 2.43. The molecule has 0 unspecified atom stereocenters. The predicted molar refractivity (Wildman–Crippen MR) is 146 cm³/mol. The van der Waals surface area contributed by atoms with Gasteiger partial charge in [0.15, 0.2) is 0 Å². The number of anilines is 1. The summed E-state index contributed by atoms with van der Waals surface area (Å²) < 4.78 is 14.1. The lowest BCUT2D eigenvalue weighted by molar-refractivity contribution is -0.131. The van der Waals surface area contributed by atoms with Crippen LogP contribution in [0.2, 0.25) is 5.02 Å². The number of aromatic hydroxyl groups is 1. The molecule has 0 bridgehead atoms. The summed E-state index contributed by atoms with van der Waals surface area (Å²) in [5, 5.41) is 14.6. The first-order valence-electron chi connectivity index (χ1n) is 12.4. The van der Waals surface area contributed by atoms with Gasteiger partial charge in [-0.15, -0.1) is 0 Å². The average Bonchev–Trinajstić information content (AvgIpc) is 3.36. The van der Waals surface area contributed by atoms with E-state index in [-0.39, 0.29) is 17.7 Å². The molecule has 2 aliphatic rings. The number of fused-ring (bicyclic) bond motifs is 1. The van der Waals surface area contributed by atoms with Crippen LogP contribution in [0, 0.1) is 19.7 Å². The van der Waals surface area contributed by atoms with Crippen molar-refractivity contribution in [1.29, 1.82) is 0 Å². The summed E-state index contributed by atoms with van der Waals surface area (Å²) in [6.07, 6.45) is 3.80. The molecule has 2 N–H and O–H groups in total. The zero-order chi connectivity index (χ0) is 26.3. The number of aryl methyl sites for hydroxylation is 2. The van der Waals surface area contributed by atoms with Crippen molar-refractivity contribution in [2.75, 3.05) is 25.0 Å². The number of phenols is 1. The van der Waals surface area contributed by atoms with Gasteiger partial charge in [0, 0.05) is 41.5 Å². The number of hydrogen-bond acceptors (Lipinski definition) is 5. The SMILES string of the molecule is Cc1cc(Cl)cc(N2C=Nc3cc(C)c(-c4cc(F)ccc4O)cc3[C@@H]2C(=O)N(C)C[C@@H]2CCCN2)c1. The molecule has 1 saturated heterocycles. The molecule has 0 aliphatic carbocycles. The van der Waals surface area contributed by atoms with Crippen LogP contribution < -0.4 is 10.2 Å². The Morgan fingerprint density at radius 3 is 2.73 bits per heavy atom. The number of nitrogens with one attached hydrogen (secondary N) is 1. The highest BCUT2D eigenvalue weighted by Gasteiger charge is 2.36. The second kappa shape index (κ2) is 10.1. The maximum absolute atomic E-state index is 14.1.